The number of hydrogen-bond acceptors (Lipinski definition) is 2. The number of halogens is 1. The molecule has 0 aliphatic rings. The molecule has 0 atom stereocenters. The van der Waals surface area contributed by atoms with Gasteiger partial charge in [0.15, 0.2) is 0 Å². The Bertz CT molecular complexity index is 482. The molecule has 0 unspecified atom stereocenters. The van der Waals surface area contributed by atoms with Crippen molar-refractivity contribution in [3.05, 3.63) is 55.7 Å². The Hall–Kier alpha value is -0.250. The molecule has 0 saturated heterocycles. The van der Waals surface area contributed by atoms with E-state index in [9.17, 15) is 0 Å². The molecule has 2 aromatic rings. The second-order valence-corrected chi connectivity index (χ2v) is 7.12. The van der Waals surface area contributed by atoms with Crippen LogP contribution in [0.1, 0.15) is 21.6 Å². The molecule has 90 valence electrons. The van der Waals surface area contributed by atoms with Crippen LogP contribution < -0.4 is 0 Å². The molecular formula is C14H15BrS2. The van der Waals surface area contributed by atoms with Crippen LogP contribution in [0, 0.1) is 13.8 Å². The van der Waals surface area contributed by atoms with Crippen molar-refractivity contribution in [2.75, 3.05) is 0 Å². The molecule has 0 amide bonds. The van der Waals surface area contributed by atoms with Crippen molar-refractivity contribution >= 4 is 39.0 Å². The monoisotopic (exact) mass is 326 g/mol. The lowest BCUT2D eigenvalue weighted by atomic mass is 10.1. The molecule has 0 N–H and O–H groups in total. The van der Waals surface area contributed by atoms with Gasteiger partial charge in [0.05, 0.1) is 0 Å². The van der Waals surface area contributed by atoms with Gasteiger partial charge in [-0.3, -0.25) is 0 Å². The number of benzene rings is 1. The van der Waals surface area contributed by atoms with Crippen molar-refractivity contribution in [2.24, 2.45) is 0 Å². The van der Waals surface area contributed by atoms with Gasteiger partial charge in [-0.15, -0.1) is 11.3 Å². The standard InChI is InChI=1S/C14H15BrS2/c1-10-3-11(2)5-12(4-10)7-16-9-14-6-13(15)8-17-14/h3-6,8H,7,9H2,1-2H3. The molecule has 1 aromatic carbocycles. The van der Waals surface area contributed by atoms with Gasteiger partial charge in [-0.1, -0.05) is 29.3 Å². The van der Waals surface area contributed by atoms with E-state index in [1.807, 2.05) is 23.1 Å². The van der Waals surface area contributed by atoms with Crippen LogP contribution in [-0.4, -0.2) is 0 Å². The average Bonchev–Trinajstić information content (AvgIpc) is 2.63. The summed E-state index contributed by atoms with van der Waals surface area (Å²) in [6, 6.07) is 9.00. The van der Waals surface area contributed by atoms with Gasteiger partial charge in [-0.2, -0.15) is 11.8 Å². The zero-order valence-electron chi connectivity index (χ0n) is 10.00. The van der Waals surface area contributed by atoms with Gasteiger partial charge in [0.2, 0.25) is 0 Å². The van der Waals surface area contributed by atoms with Crippen LogP contribution in [0.5, 0.6) is 0 Å². The van der Waals surface area contributed by atoms with Crippen molar-refractivity contribution < 1.29 is 0 Å². The van der Waals surface area contributed by atoms with E-state index in [1.54, 1.807) is 0 Å². The predicted octanol–water partition coefficient (Wildman–Crippen LogP) is 5.56. The first-order valence-electron chi connectivity index (χ1n) is 5.51. The molecule has 2 rings (SSSR count). The smallest absolute Gasteiger partial charge is 0.0285 e. The third kappa shape index (κ3) is 4.16. The first-order valence-corrected chi connectivity index (χ1v) is 8.34. The van der Waals surface area contributed by atoms with Gasteiger partial charge in [0.25, 0.3) is 0 Å². The molecule has 0 spiro atoms. The Balaban J connectivity index is 1.89. The molecule has 0 bridgehead atoms. The molecule has 0 nitrogen and oxygen atoms in total. The fraction of sp³-hybridized carbons (Fsp3) is 0.286. The van der Waals surface area contributed by atoms with E-state index in [-0.39, 0.29) is 0 Å². The SMILES string of the molecule is Cc1cc(C)cc(CSCc2cc(Br)cs2)c1. The van der Waals surface area contributed by atoms with Crippen LogP contribution in [0.3, 0.4) is 0 Å². The van der Waals surface area contributed by atoms with E-state index in [2.05, 4.69) is 59.4 Å². The Kier molecular flexibility index (Phi) is 4.71. The average molecular weight is 327 g/mol. The lowest BCUT2D eigenvalue weighted by molar-refractivity contribution is 1.30. The Morgan fingerprint density at radius 3 is 2.35 bits per heavy atom. The molecule has 0 radical (unpaired) electrons. The van der Waals surface area contributed by atoms with E-state index in [4.69, 9.17) is 0 Å². The van der Waals surface area contributed by atoms with Gasteiger partial charge < -0.3 is 0 Å². The van der Waals surface area contributed by atoms with Crippen LogP contribution in [0.15, 0.2) is 34.1 Å². The minimum Gasteiger partial charge on any atom is -0.152 e. The summed E-state index contributed by atoms with van der Waals surface area (Å²) in [4.78, 5) is 1.44. The molecular weight excluding hydrogens is 312 g/mol. The Morgan fingerprint density at radius 1 is 1.06 bits per heavy atom. The van der Waals surface area contributed by atoms with E-state index in [0.717, 1.165) is 11.5 Å². The van der Waals surface area contributed by atoms with E-state index in [0.29, 0.717) is 0 Å². The number of thioether (sulfide) groups is 1. The fourth-order valence-electron chi connectivity index (χ4n) is 1.85. The summed E-state index contributed by atoms with van der Waals surface area (Å²) in [5.74, 6) is 2.20. The maximum Gasteiger partial charge on any atom is 0.0285 e. The second-order valence-electron chi connectivity index (χ2n) is 4.22. The minimum absolute atomic E-state index is 1.10. The number of thiophene rings is 1. The first kappa shape index (κ1) is 13.2. The summed E-state index contributed by atoms with van der Waals surface area (Å²) in [6.45, 7) is 4.33. The summed E-state index contributed by atoms with van der Waals surface area (Å²) in [6.07, 6.45) is 0. The normalized spacial score (nSPS) is 10.8. The fourth-order valence-corrected chi connectivity index (χ4v) is 4.40. The lowest BCUT2D eigenvalue weighted by Crippen LogP contribution is -1.85. The third-order valence-electron chi connectivity index (χ3n) is 2.42. The van der Waals surface area contributed by atoms with Crippen molar-refractivity contribution in [3.8, 4) is 0 Å². The van der Waals surface area contributed by atoms with Gasteiger partial charge >= 0.3 is 0 Å². The summed E-state index contributed by atoms with van der Waals surface area (Å²) in [5, 5.41) is 2.15. The summed E-state index contributed by atoms with van der Waals surface area (Å²) >= 11 is 7.29. The highest BCUT2D eigenvalue weighted by Crippen LogP contribution is 2.26. The van der Waals surface area contributed by atoms with E-state index in [1.165, 1.54) is 26.0 Å². The van der Waals surface area contributed by atoms with Crippen molar-refractivity contribution in [1.29, 1.82) is 0 Å². The highest BCUT2D eigenvalue weighted by Gasteiger charge is 2.00. The number of rotatable bonds is 4. The summed E-state index contributed by atoms with van der Waals surface area (Å²) in [7, 11) is 0. The van der Waals surface area contributed by atoms with E-state index < -0.39 is 0 Å². The van der Waals surface area contributed by atoms with E-state index >= 15 is 0 Å². The van der Waals surface area contributed by atoms with Crippen LogP contribution >= 0.6 is 39.0 Å². The molecule has 1 aromatic heterocycles. The zero-order chi connectivity index (χ0) is 12.3. The van der Waals surface area contributed by atoms with Crippen molar-refractivity contribution in [3.63, 3.8) is 0 Å². The first-order chi connectivity index (χ1) is 8.13. The minimum atomic E-state index is 1.10. The molecule has 17 heavy (non-hydrogen) atoms. The second kappa shape index (κ2) is 6.07. The maximum atomic E-state index is 3.49. The molecule has 3 heteroatoms. The van der Waals surface area contributed by atoms with Crippen LogP contribution in [0.2, 0.25) is 0 Å². The summed E-state index contributed by atoms with van der Waals surface area (Å²) < 4.78 is 1.20. The molecule has 0 aliphatic carbocycles. The maximum absolute atomic E-state index is 3.49. The largest absolute Gasteiger partial charge is 0.152 e. The highest BCUT2D eigenvalue weighted by molar-refractivity contribution is 9.10. The molecule has 1 heterocycles. The van der Waals surface area contributed by atoms with Crippen LogP contribution in [0.4, 0.5) is 0 Å². The van der Waals surface area contributed by atoms with Crippen LogP contribution in [-0.2, 0) is 11.5 Å². The number of aryl methyl sites for hydroxylation is 2. The number of hydrogen-bond donors (Lipinski definition) is 0. The lowest BCUT2D eigenvalue weighted by Gasteiger charge is -2.04. The molecule has 0 aliphatic heterocycles. The third-order valence-corrected chi connectivity index (χ3v) is 5.35. The summed E-state index contributed by atoms with van der Waals surface area (Å²) in [5.41, 5.74) is 4.15. The Labute approximate surface area is 120 Å². The van der Waals surface area contributed by atoms with Crippen molar-refractivity contribution in [2.45, 2.75) is 25.4 Å². The zero-order valence-corrected chi connectivity index (χ0v) is 13.2. The quantitative estimate of drug-likeness (QED) is 0.708. The van der Waals surface area contributed by atoms with Gasteiger partial charge in [0.1, 0.15) is 0 Å². The Morgan fingerprint density at radius 2 is 1.76 bits per heavy atom. The topological polar surface area (TPSA) is 0 Å². The van der Waals surface area contributed by atoms with Gasteiger partial charge in [-0.05, 0) is 41.4 Å². The molecule has 0 saturated carbocycles. The van der Waals surface area contributed by atoms with Gasteiger partial charge in [-0.25, -0.2) is 0 Å². The van der Waals surface area contributed by atoms with Crippen molar-refractivity contribution in [1.82, 2.24) is 0 Å². The predicted molar refractivity (Wildman–Crippen MR) is 82.9 cm³/mol. The highest BCUT2D eigenvalue weighted by atomic mass is 79.9. The van der Waals surface area contributed by atoms with Crippen LogP contribution in [0.25, 0.3) is 0 Å². The molecule has 0 fully saturated rings. The van der Waals surface area contributed by atoms with Gasteiger partial charge in [0, 0.05) is 26.2 Å².